The maximum Gasteiger partial charge on any atom is 0.220 e. The van der Waals surface area contributed by atoms with Crippen LogP contribution in [0, 0.1) is 11.3 Å². The van der Waals surface area contributed by atoms with Gasteiger partial charge in [-0.2, -0.15) is 9.94 Å². The Morgan fingerprint density at radius 2 is 2.05 bits per heavy atom. The number of benzene rings is 1. The number of pyridine rings is 1. The van der Waals surface area contributed by atoms with E-state index in [-0.39, 0.29) is 0 Å². The average molecular weight is 394 g/mol. The van der Waals surface area contributed by atoms with Crippen LogP contribution in [0.5, 0.6) is 0 Å². The van der Waals surface area contributed by atoms with Crippen LogP contribution in [-0.4, -0.2) is 25.2 Å². The number of nitriles is 1. The summed E-state index contributed by atoms with van der Waals surface area (Å²) in [5, 5.41) is 21.9. The molecule has 0 aliphatic carbocycles. The maximum absolute atomic E-state index is 8.83. The molecule has 2 heterocycles. The van der Waals surface area contributed by atoms with Crippen LogP contribution < -0.4 is 0 Å². The number of halogens is 2. The van der Waals surface area contributed by atoms with Crippen LogP contribution in [0.25, 0.3) is 5.69 Å². The van der Waals surface area contributed by atoms with E-state index in [1.54, 1.807) is 10.7 Å². The van der Waals surface area contributed by atoms with Gasteiger partial charge in [-0.25, -0.2) is 4.98 Å². The highest BCUT2D eigenvalue weighted by atomic mass is 79.9. The van der Waals surface area contributed by atoms with Crippen LogP contribution in [0.15, 0.2) is 51.2 Å². The zero-order valence-corrected chi connectivity index (χ0v) is 14.0. The summed E-state index contributed by atoms with van der Waals surface area (Å²) in [4.78, 5) is 4.16. The van der Waals surface area contributed by atoms with Crippen LogP contribution in [0.1, 0.15) is 5.56 Å². The molecule has 9 heteroatoms. The minimum Gasteiger partial charge on any atom is -0.247 e. The fourth-order valence-electron chi connectivity index (χ4n) is 1.63. The third-order valence-corrected chi connectivity index (χ3v) is 4.52. The van der Waals surface area contributed by atoms with Crippen LogP contribution in [0.3, 0.4) is 0 Å². The second-order valence-corrected chi connectivity index (χ2v) is 6.35. The van der Waals surface area contributed by atoms with Gasteiger partial charge in [-0.05, 0) is 52.5 Å². The van der Waals surface area contributed by atoms with Crippen LogP contribution >= 0.6 is 39.3 Å². The van der Waals surface area contributed by atoms with Crippen LogP contribution in [0.4, 0.5) is 0 Å². The minimum atomic E-state index is 0.384. The Morgan fingerprint density at radius 1 is 1.27 bits per heavy atom. The number of aromatic nitrogens is 5. The lowest BCUT2D eigenvalue weighted by atomic mass is 10.3. The van der Waals surface area contributed by atoms with Crippen LogP contribution in [-0.2, 0) is 0 Å². The fraction of sp³-hybridized carbons (Fsp3) is 0. The fourth-order valence-corrected chi connectivity index (χ4v) is 2.92. The summed E-state index contributed by atoms with van der Waals surface area (Å²) >= 11 is 10.7. The molecule has 0 aliphatic rings. The second kappa shape index (κ2) is 6.44. The first-order chi connectivity index (χ1) is 10.7. The number of tetrazole rings is 1. The molecule has 0 fully saturated rings. The standard InChI is InChI=1S/C13H6BrClN6S/c14-9-1-3-10(4-2-9)21-13(18-19-20-21)22-12-11(15)5-8(6-16)7-17-12/h1-5,7H. The first-order valence-electron chi connectivity index (χ1n) is 5.95. The van der Waals surface area contributed by atoms with Gasteiger partial charge in [0.25, 0.3) is 0 Å². The Labute approximate surface area is 143 Å². The number of rotatable bonds is 3. The van der Waals surface area contributed by atoms with Crippen molar-refractivity contribution in [3.05, 3.63) is 51.6 Å². The quantitative estimate of drug-likeness (QED) is 0.677. The predicted molar refractivity (Wildman–Crippen MR) is 84.9 cm³/mol. The van der Waals surface area contributed by atoms with Gasteiger partial charge in [-0.15, -0.1) is 5.10 Å². The van der Waals surface area contributed by atoms with Gasteiger partial charge in [0.05, 0.1) is 16.3 Å². The van der Waals surface area contributed by atoms with Gasteiger partial charge >= 0.3 is 0 Å². The van der Waals surface area contributed by atoms with E-state index < -0.39 is 0 Å². The van der Waals surface area contributed by atoms with Crippen molar-refractivity contribution in [1.82, 2.24) is 25.2 Å². The first kappa shape index (κ1) is 15.0. The van der Waals surface area contributed by atoms with E-state index in [1.807, 2.05) is 30.3 Å². The molecule has 1 aromatic carbocycles. The molecule has 6 nitrogen and oxygen atoms in total. The Hall–Kier alpha value is -1.95. The van der Waals surface area contributed by atoms with Crippen molar-refractivity contribution in [1.29, 1.82) is 5.26 Å². The van der Waals surface area contributed by atoms with Gasteiger partial charge in [0.15, 0.2) is 0 Å². The molecular weight excluding hydrogens is 388 g/mol. The highest BCUT2D eigenvalue weighted by Gasteiger charge is 2.13. The molecule has 0 aliphatic heterocycles. The molecule has 0 unspecified atom stereocenters. The van der Waals surface area contributed by atoms with Crippen molar-refractivity contribution < 1.29 is 0 Å². The predicted octanol–water partition coefficient (Wildman–Crippen LogP) is 3.50. The number of hydrogen-bond donors (Lipinski definition) is 0. The van der Waals surface area contributed by atoms with Crippen molar-refractivity contribution in [2.75, 3.05) is 0 Å². The largest absolute Gasteiger partial charge is 0.247 e. The third kappa shape index (κ3) is 3.11. The van der Waals surface area contributed by atoms with E-state index in [9.17, 15) is 0 Å². The molecule has 3 aromatic rings. The summed E-state index contributed by atoms with van der Waals surface area (Å²) in [5.41, 5.74) is 1.22. The SMILES string of the molecule is N#Cc1cnc(Sc2nnnn2-c2ccc(Br)cc2)c(Cl)c1. The molecule has 0 radical (unpaired) electrons. The van der Waals surface area contributed by atoms with Crippen molar-refractivity contribution >= 4 is 39.3 Å². The van der Waals surface area contributed by atoms with E-state index >= 15 is 0 Å². The monoisotopic (exact) mass is 392 g/mol. The first-order valence-corrected chi connectivity index (χ1v) is 7.94. The van der Waals surface area contributed by atoms with E-state index in [2.05, 4.69) is 36.4 Å². The lowest BCUT2D eigenvalue weighted by Crippen LogP contribution is -1.99. The average Bonchev–Trinajstić information content (AvgIpc) is 2.98. The molecule has 0 amide bonds. The van der Waals surface area contributed by atoms with Gasteiger partial charge < -0.3 is 0 Å². The lowest BCUT2D eigenvalue weighted by molar-refractivity contribution is 0.755. The van der Waals surface area contributed by atoms with Crippen LogP contribution in [0.2, 0.25) is 5.02 Å². The summed E-state index contributed by atoms with van der Waals surface area (Å²) in [6.45, 7) is 0. The smallest absolute Gasteiger partial charge is 0.220 e. The summed E-state index contributed by atoms with van der Waals surface area (Å²) in [5.74, 6) is 0. The summed E-state index contributed by atoms with van der Waals surface area (Å²) in [6.07, 6.45) is 1.46. The molecule has 0 atom stereocenters. The highest BCUT2D eigenvalue weighted by Crippen LogP contribution is 2.31. The molecule has 0 spiro atoms. The zero-order valence-electron chi connectivity index (χ0n) is 10.8. The summed E-state index contributed by atoms with van der Waals surface area (Å²) in [7, 11) is 0. The summed E-state index contributed by atoms with van der Waals surface area (Å²) < 4.78 is 2.56. The molecule has 0 saturated carbocycles. The van der Waals surface area contributed by atoms with Crippen molar-refractivity contribution in [2.24, 2.45) is 0 Å². The number of nitrogens with zero attached hydrogens (tertiary/aromatic N) is 6. The van der Waals surface area contributed by atoms with Crippen molar-refractivity contribution in [3.63, 3.8) is 0 Å². The van der Waals surface area contributed by atoms with Gasteiger partial charge in [-0.3, -0.25) is 0 Å². The Kier molecular flexibility index (Phi) is 4.38. The highest BCUT2D eigenvalue weighted by molar-refractivity contribution is 9.10. The van der Waals surface area contributed by atoms with Gasteiger partial charge in [0, 0.05) is 10.7 Å². The Morgan fingerprint density at radius 3 is 2.73 bits per heavy atom. The maximum atomic E-state index is 8.83. The molecule has 0 N–H and O–H groups in total. The van der Waals surface area contributed by atoms with E-state index in [1.165, 1.54) is 18.0 Å². The normalized spacial score (nSPS) is 10.4. The zero-order chi connectivity index (χ0) is 15.5. The Bertz CT molecular complexity index is 858. The van der Waals surface area contributed by atoms with Gasteiger partial charge in [-0.1, -0.05) is 27.5 Å². The topological polar surface area (TPSA) is 80.3 Å². The summed E-state index contributed by atoms with van der Waals surface area (Å²) in [6, 6.07) is 11.1. The lowest BCUT2D eigenvalue weighted by Gasteiger charge is -2.05. The van der Waals surface area contributed by atoms with E-state index in [0.29, 0.717) is 20.8 Å². The second-order valence-electron chi connectivity index (χ2n) is 4.07. The van der Waals surface area contributed by atoms with Crippen molar-refractivity contribution in [2.45, 2.75) is 10.2 Å². The third-order valence-electron chi connectivity index (χ3n) is 2.64. The van der Waals surface area contributed by atoms with E-state index in [4.69, 9.17) is 16.9 Å². The molecule has 108 valence electrons. The van der Waals surface area contributed by atoms with Gasteiger partial charge in [0.1, 0.15) is 11.1 Å². The molecule has 0 bridgehead atoms. The molecule has 0 saturated heterocycles. The molecule has 3 rings (SSSR count). The molecular formula is C13H6BrClN6S. The Balaban J connectivity index is 1.93. The van der Waals surface area contributed by atoms with Crippen molar-refractivity contribution in [3.8, 4) is 11.8 Å². The number of hydrogen-bond acceptors (Lipinski definition) is 6. The van der Waals surface area contributed by atoms with E-state index in [0.717, 1.165) is 10.2 Å². The van der Waals surface area contributed by atoms with Gasteiger partial charge in [0.2, 0.25) is 5.16 Å². The minimum absolute atomic E-state index is 0.384. The molecule has 22 heavy (non-hydrogen) atoms. The molecule has 2 aromatic heterocycles.